The highest BCUT2D eigenvalue weighted by Crippen LogP contribution is 2.02. The summed E-state index contributed by atoms with van der Waals surface area (Å²) in [6.07, 6.45) is -0.0283. The Labute approximate surface area is 103 Å². The van der Waals surface area contributed by atoms with Gasteiger partial charge in [-0.3, -0.25) is 9.59 Å². The molecule has 1 amide bonds. The number of carbonyl (C=O) groups excluding carboxylic acids is 1. The Morgan fingerprint density at radius 1 is 1.24 bits per heavy atom. The zero-order chi connectivity index (χ0) is 13.4. The van der Waals surface area contributed by atoms with Gasteiger partial charge < -0.3 is 14.7 Å². The molecule has 100 valence electrons. The van der Waals surface area contributed by atoms with Crippen LogP contribution in [0.25, 0.3) is 0 Å². The van der Waals surface area contributed by atoms with Gasteiger partial charge in [0.15, 0.2) is 0 Å². The number of ether oxygens (including phenoxy) is 1. The maximum atomic E-state index is 11.8. The van der Waals surface area contributed by atoms with E-state index >= 15 is 0 Å². The van der Waals surface area contributed by atoms with Crippen molar-refractivity contribution in [3.8, 4) is 0 Å². The number of aliphatic carboxylic acids is 1. The monoisotopic (exact) mass is 245 g/mol. The number of nitrogens with zero attached hydrogens (tertiary/aromatic N) is 1. The maximum Gasteiger partial charge on any atom is 0.305 e. The molecule has 0 atom stereocenters. The van der Waals surface area contributed by atoms with Gasteiger partial charge in [-0.15, -0.1) is 0 Å². The van der Waals surface area contributed by atoms with Crippen LogP contribution in [0.1, 0.15) is 34.1 Å². The first-order valence-corrected chi connectivity index (χ1v) is 5.94. The average molecular weight is 245 g/mol. The van der Waals surface area contributed by atoms with Crippen LogP contribution < -0.4 is 0 Å². The molecule has 1 N–H and O–H groups in total. The summed E-state index contributed by atoms with van der Waals surface area (Å²) >= 11 is 0. The Hall–Kier alpha value is -1.10. The van der Waals surface area contributed by atoms with E-state index < -0.39 is 5.97 Å². The molecule has 5 heteroatoms. The molecule has 0 fully saturated rings. The van der Waals surface area contributed by atoms with Gasteiger partial charge in [-0.05, 0) is 19.8 Å². The normalized spacial score (nSPS) is 10.9. The fraction of sp³-hybridized carbons (Fsp3) is 0.833. The first-order chi connectivity index (χ1) is 7.82. The Morgan fingerprint density at radius 3 is 2.24 bits per heavy atom. The minimum Gasteiger partial charge on any atom is -0.481 e. The van der Waals surface area contributed by atoms with E-state index in [1.54, 1.807) is 4.90 Å². The first-order valence-electron chi connectivity index (χ1n) is 5.94. The minimum absolute atomic E-state index is 0.000626. The van der Waals surface area contributed by atoms with Crippen LogP contribution in [0, 0.1) is 5.92 Å². The first kappa shape index (κ1) is 15.9. The molecule has 0 unspecified atom stereocenters. The van der Waals surface area contributed by atoms with Gasteiger partial charge in [0, 0.05) is 13.1 Å². The van der Waals surface area contributed by atoms with E-state index in [1.165, 1.54) is 0 Å². The number of hydrogen-bond donors (Lipinski definition) is 1. The van der Waals surface area contributed by atoms with Crippen molar-refractivity contribution in [3.63, 3.8) is 0 Å². The third-order valence-corrected chi connectivity index (χ3v) is 2.07. The van der Waals surface area contributed by atoms with Crippen LogP contribution in [0.5, 0.6) is 0 Å². The van der Waals surface area contributed by atoms with Gasteiger partial charge in [0.2, 0.25) is 5.91 Å². The lowest BCUT2D eigenvalue weighted by Crippen LogP contribution is -2.38. The van der Waals surface area contributed by atoms with Gasteiger partial charge in [-0.25, -0.2) is 0 Å². The number of amides is 1. The predicted octanol–water partition coefficient (Wildman–Crippen LogP) is 1.37. The fourth-order valence-corrected chi connectivity index (χ4v) is 1.32. The molecular weight excluding hydrogens is 222 g/mol. The molecule has 5 nitrogen and oxygen atoms in total. The lowest BCUT2D eigenvalue weighted by Gasteiger charge is -2.24. The molecule has 0 aliphatic carbocycles. The van der Waals surface area contributed by atoms with E-state index in [9.17, 15) is 9.59 Å². The molecule has 0 radical (unpaired) electrons. The van der Waals surface area contributed by atoms with E-state index in [1.807, 2.05) is 27.7 Å². The van der Waals surface area contributed by atoms with Crippen molar-refractivity contribution in [1.29, 1.82) is 0 Å². The summed E-state index contributed by atoms with van der Waals surface area (Å²) in [6, 6.07) is 0. The second-order valence-corrected chi connectivity index (χ2v) is 4.74. The summed E-state index contributed by atoms with van der Waals surface area (Å²) in [7, 11) is 0. The smallest absolute Gasteiger partial charge is 0.305 e. The molecule has 0 aliphatic heterocycles. The molecule has 17 heavy (non-hydrogen) atoms. The molecule has 0 aromatic heterocycles. The van der Waals surface area contributed by atoms with Gasteiger partial charge in [-0.2, -0.15) is 0 Å². The molecule has 0 aromatic carbocycles. The van der Waals surface area contributed by atoms with Crippen molar-refractivity contribution in [2.75, 3.05) is 19.7 Å². The van der Waals surface area contributed by atoms with Crippen LogP contribution in [0.15, 0.2) is 0 Å². The summed E-state index contributed by atoms with van der Waals surface area (Å²) in [5.74, 6) is -0.725. The van der Waals surface area contributed by atoms with Crippen LogP contribution >= 0.6 is 0 Å². The van der Waals surface area contributed by atoms with Gasteiger partial charge in [0.1, 0.15) is 6.61 Å². The average Bonchev–Trinajstić information content (AvgIpc) is 2.19. The minimum atomic E-state index is -0.892. The Kier molecular flexibility index (Phi) is 7.54. The third-order valence-electron chi connectivity index (χ3n) is 2.07. The fourth-order valence-electron chi connectivity index (χ4n) is 1.32. The molecular formula is C12H23NO4. The highest BCUT2D eigenvalue weighted by atomic mass is 16.5. The van der Waals surface area contributed by atoms with Gasteiger partial charge in [-0.1, -0.05) is 13.8 Å². The second kappa shape index (κ2) is 8.06. The maximum absolute atomic E-state index is 11.8. The molecule has 0 heterocycles. The van der Waals surface area contributed by atoms with Crippen molar-refractivity contribution in [2.45, 2.75) is 40.2 Å². The van der Waals surface area contributed by atoms with Crippen molar-refractivity contribution in [2.24, 2.45) is 5.92 Å². The number of rotatable bonds is 8. The standard InChI is InChI=1S/C12H23NO4/c1-9(2)7-13(6-5-12(15)16)11(14)8-17-10(3)4/h9-10H,5-8H2,1-4H3,(H,15,16). The Morgan fingerprint density at radius 2 is 1.82 bits per heavy atom. The van der Waals surface area contributed by atoms with Gasteiger partial charge in [0.25, 0.3) is 0 Å². The number of hydrogen-bond acceptors (Lipinski definition) is 3. The topological polar surface area (TPSA) is 66.8 Å². The van der Waals surface area contributed by atoms with E-state index in [2.05, 4.69) is 0 Å². The molecule has 0 bridgehead atoms. The molecule has 0 aromatic rings. The van der Waals surface area contributed by atoms with Crippen LogP contribution in [0.2, 0.25) is 0 Å². The van der Waals surface area contributed by atoms with Crippen LogP contribution in [0.3, 0.4) is 0 Å². The van der Waals surface area contributed by atoms with E-state index in [-0.39, 0.29) is 31.6 Å². The summed E-state index contributed by atoms with van der Waals surface area (Å²) < 4.78 is 5.23. The van der Waals surface area contributed by atoms with Crippen molar-refractivity contribution < 1.29 is 19.4 Å². The van der Waals surface area contributed by atoms with Crippen molar-refractivity contribution >= 4 is 11.9 Å². The molecule has 0 saturated heterocycles. The quantitative estimate of drug-likeness (QED) is 0.701. The van der Waals surface area contributed by atoms with Gasteiger partial charge >= 0.3 is 5.97 Å². The molecule has 0 aliphatic rings. The Bertz CT molecular complexity index is 251. The SMILES string of the molecule is CC(C)CN(CCC(=O)O)C(=O)COC(C)C. The zero-order valence-corrected chi connectivity index (χ0v) is 11.1. The van der Waals surface area contributed by atoms with E-state index in [0.29, 0.717) is 12.5 Å². The molecule has 0 rings (SSSR count). The van der Waals surface area contributed by atoms with Crippen molar-refractivity contribution in [3.05, 3.63) is 0 Å². The Balaban J connectivity index is 4.24. The zero-order valence-electron chi connectivity index (χ0n) is 11.1. The lowest BCUT2D eigenvalue weighted by atomic mass is 10.2. The predicted molar refractivity (Wildman–Crippen MR) is 64.8 cm³/mol. The third kappa shape index (κ3) is 8.68. The van der Waals surface area contributed by atoms with Crippen LogP contribution in [0.4, 0.5) is 0 Å². The molecule has 0 saturated carbocycles. The van der Waals surface area contributed by atoms with Crippen molar-refractivity contribution in [1.82, 2.24) is 4.90 Å². The highest BCUT2D eigenvalue weighted by Gasteiger charge is 2.16. The van der Waals surface area contributed by atoms with Crippen LogP contribution in [-0.4, -0.2) is 47.7 Å². The number of carboxylic acid groups (broad SMARTS) is 1. The van der Waals surface area contributed by atoms with Crippen LogP contribution in [-0.2, 0) is 14.3 Å². The van der Waals surface area contributed by atoms with Gasteiger partial charge in [0.05, 0.1) is 12.5 Å². The largest absolute Gasteiger partial charge is 0.481 e. The number of carboxylic acids is 1. The number of carbonyl (C=O) groups is 2. The second-order valence-electron chi connectivity index (χ2n) is 4.74. The lowest BCUT2D eigenvalue weighted by molar-refractivity contribution is -0.141. The summed E-state index contributed by atoms with van der Waals surface area (Å²) in [5.41, 5.74) is 0. The summed E-state index contributed by atoms with van der Waals surface area (Å²) in [6.45, 7) is 8.52. The summed E-state index contributed by atoms with van der Waals surface area (Å²) in [5, 5.41) is 8.63. The highest BCUT2D eigenvalue weighted by molar-refractivity contribution is 5.78. The van der Waals surface area contributed by atoms with E-state index in [4.69, 9.17) is 9.84 Å². The summed E-state index contributed by atoms with van der Waals surface area (Å²) in [4.78, 5) is 23.9. The molecule has 0 spiro atoms. The van der Waals surface area contributed by atoms with E-state index in [0.717, 1.165) is 0 Å².